The number of hydrogen-bond acceptors (Lipinski definition) is 3. The predicted molar refractivity (Wildman–Crippen MR) is 79.8 cm³/mol. The fourth-order valence-corrected chi connectivity index (χ4v) is 4.11. The van der Waals surface area contributed by atoms with E-state index < -0.39 is 12.0 Å². The fraction of sp³-hybridized carbons (Fsp3) is 0.857. The van der Waals surface area contributed by atoms with Crippen molar-refractivity contribution in [3.8, 4) is 0 Å². The lowest BCUT2D eigenvalue weighted by Gasteiger charge is -2.33. The van der Waals surface area contributed by atoms with Gasteiger partial charge in [-0.3, -0.25) is 4.90 Å². The summed E-state index contributed by atoms with van der Waals surface area (Å²) in [6.07, 6.45) is 4.21. The molecule has 1 N–H and O–H groups in total. The van der Waals surface area contributed by atoms with Crippen LogP contribution >= 0.6 is 11.8 Å². The number of aliphatic carboxylic acids is 1. The van der Waals surface area contributed by atoms with E-state index in [4.69, 9.17) is 0 Å². The first kappa shape index (κ1) is 15.5. The van der Waals surface area contributed by atoms with Crippen LogP contribution in [0.15, 0.2) is 0 Å². The van der Waals surface area contributed by atoms with Crippen LogP contribution in [0.5, 0.6) is 0 Å². The van der Waals surface area contributed by atoms with Crippen molar-refractivity contribution < 1.29 is 14.7 Å². The van der Waals surface area contributed by atoms with Crippen LogP contribution in [0.3, 0.4) is 0 Å². The maximum absolute atomic E-state index is 12.7. The Labute approximate surface area is 124 Å². The lowest BCUT2D eigenvalue weighted by atomic mass is 10.2. The maximum atomic E-state index is 12.7. The van der Waals surface area contributed by atoms with Gasteiger partial charge in [-0.1, -0.05) is 13.3 Å². The average molecular weight is 300 g/mol. The van der Waals surface area contributed by atoms with Gasteiger partial charge in [-0.05, 0) is 32.1 Å². The number of carboxylic acids is 1. The SMILES string of the molecule is CCCC1SCC(C(=O)O)N1C(=O)N(CC)CC1CC1. The number of amides is 2. The molecule has 1 saturated carbocycles. The Morgan fingerprint density at radius 1 is 1.35 bits per heavy atom. The van der Waals surface area contributed by atoms with Crippen LogP contribution in [0.1, 0.15) is 39.5 Å². The van der Waals surface area contributed by atoms with Crippen molar-refractivity contribution >= 4 is 23.8 Å². The number of rotatable bonds is 6. The van der Waals surface area contributed by atoms with Crippen LogP contribution in [0.2, 0.25) is 0 Å². The van der Waals surface area contributed by atoms with E-state index in [1.54, 1.807) is 16.7 Å². The zero-order valence-electron chi connectivity index (χ0n) is 12.2. The van der Waals surface area contributed by atoms with E-state index in [1.165, 1.54) is 12.8 Å². The van der Waals surface area contributed by atoms with Crippen molar-refractivity contribution in [2.45, 2.75) is 50.9 Å². The number of carbonyl (C=O) groups excluding carboxylic acids is 1. The molecule has 0 spiro atoms. The monoisotopic (exact) mass is 300 g/mol. The van der Waals surface area contributed by atoms with E-state index in [1.807, 2.05) is 11.8 Å². The molecule has 1 saturated heterocycles. The van der Waals surface area contributed by atoms with E-state index >= 15 is 0 Å². The zero-order chi connectivity index (χ0) is 14.7. The van der Waals surface area contributed by atoms with Gasteiger partial charge in [-0.25, -0.2) is 9.59 Å². The second-order valence-electron chi connectivity index (χ2n) is 5.60. The van der Waals surface area contributed by atoms with E-state index in [0.29, 0.717) is 18.2 Å². The minimum Gasteiger partial charge on any atom is -0.480 e. The Kier molecular flexibility index (Phi) is 5.18. The smallest absolute Gasteiger partial charge is 0.327 e. The molecule has 2 aliphatic rings. The number of hydrogen-bond donors (Lipinski definition) is 1. The normalized spacial score (nSPS) is 25.8. The highest BCUT2D eigenvalue weighted by Gasteiger charge is 2.43. The molecule has 1 heterocycles. The summed E-state index contributed by atoms with van der Waals surface area (Å²) in [5.41, 5.74) is 0. The number of nitrogens with zero attached hydrogens (tertiary/aromatic N) is 2. The molecule has 6 heteroatoms. The molecule has 0 aromatic carbocycles. The molecule has 2 amide bonds. The number of thioether (sulfide) groups is 1. The summed E-state index contributed by atoms with van der Waals surface area (Å²) in [5.74, 6) is 0.251. The molecule has 1 aliphatic heterocycles. The Bertz CT molecular complexity index is 373. The van der Waals surface area contributed by atoms with Gasteiger partial charge in [-0.2, -0.15) is 0 Å². The largest absolute Gasteiger partial charge is 0.480 e. The molecule has 114 valence electrons. The van der Waals surface area contributed by atoms with Gasteiger partial charge in [0.2, 0.25) is 0 Å². The standard InChI is InChI=1S/C14H24N2O3S/c1-3-5-12-16(11(9-20-12)13(17)18)14(19)15(4-2)8-10-6-7-10/h10-12H,3-9H2,1-2H3,(H,17,18). The van der Waals surface area contributed by atoms with E-state index in [2.05, 4.69) is 6.92 Å². The first-order valence-electron chi connectivity index (χ1n) is 7.50. The zero-order valence-corrected chi connectivity index (χ0v) is 13.1. The van der Waals surface area contributed by atoms with Crippen LogP contribution in [-0.2, 0) is 4.79 Å². The van der Waals surface area contributed by atoms with Gasteiger partial charge in [0.25, 0.3) is 0 Å². The van der Waals surface area contributed by atoms with Crippen molar-refractivity contribution in [1.82, 2.24) is 9.80 Å². The minimum atomic E-state index is -0.882. The van der Waals surface area contributed by atoms with E-state index in [0.717, 1.165) is 19.4 Å². The molecule has 1 aliphatic carbocycles. The number of urea groups is 1. The van der Waals surface area contributed by atoms with Crippen molar-refractivity contribution in [1.29, 1.82) is 0 Å². The molecular formula is C14H24N2O3S. The summed E-state index contributed by atoms with van der Waals surface area (Å²) in [5, 5.41) is 9.36. The highest BCUT2D eigenvalue weighted by molar-refractivity contribution is 8.00. The second-order valence-corrected chi connectivity index (χ2v) is 6.81. The van der Waals surface area contributed by atoms with Gasteiger partial charge >= 0.3 is 12.0 Å². The summed E-state index contributed by atoms with van der Waals surface area (Å²) in [6.45, 7) is 5.47. The molecule has 0 radical (unpaired) electrons. The molecule has 20 heavy (non-hydrogen) atoms. The summed E-state index contributed by atoms with van der Waals surface area (Å²) >= 11 is 1.60. The first-order valence-corrected chi connectivity index (χ1v) is 8.55. The third kappa shape index (κ3) is 3.40. The number of carboxylic acid groups (broad SMARTS) is 1. The summed E-state index contributed by atoms with van der Waals surface area (Å²) in [6, 6.07) is -0.757. The van der Waals surface area contributed by atoms with Gasteiger partial charge < -0.3 is 10.0 Å². The molecule has 2 atom stereocenters. The average Bonchev–Trinajstić information content (AvgIpc) is 3.14. The molecule has 2 rings (SSSR count). The van der Waals surface area contributed by atoms with E-state index in [9.17, 15) is 14.7 Å². The maximum Gasteiger partial charge on any atom is 0.327 e. The third-order valence-electron chi connectivity index (χ3n) is 3.96. The van der Waals surface area contributed by atoms with Crippen LogP contribution in [0, 0.1) is 5.92 Å². The van der Waals surface area contributed by atoms with Gasteiger partial charge in [0.15, 0.2) is 0 Å². The molecular weight excluding hydrogens is 276 g/mol. The fourth-order valence-electron chi connectivity index (χ4n) is 2.60. The highest BCUT2D eigenvalue weighted by Crippen LogP contribution is 2.35. The summed E-state index contributed by atoms with van der Waals surface area (Å²) in [4.78, 5) is 27.5. The van der Waals surface area contributed by atoms with Crippen LogP contribution in [0.4, 0.5) is 4.79 Å². The molecule has 0 aromatic rings. The quantitative estimate of drug-likeness (QED) is 0.818. The van der Waals surface area contributed by atoms with Crippen molar-refractivity contribution in [2.24, 2.45) is 5.92 Å². The molecule has 0 aromatic heterocycles. The van der Waals surface area contributed by atoms with Crippen molar-refractivity contribution in [2.75, 3.05) is 18.8 Å². The van der Waals surface area contributed by atoms with Crippen LogP contribution in [-0.4, -0.2) is 57.2 Å². The van der Waals surface area contributed by atoms with Crippen molar-refractivity contribution in [3.05, 3.63) is 0 Å². The Morgan fingerprint density at radius 2 is 2.05 bits per heavy atom. The second kappa shape index (κ2) is 6.70. The van der Waals surface area contributed by atoms with Gasteiger partial charge in [0.05, 0.1) is 5.37 Å². The molecule has 0 bridgehead atoms. The lowest BCUT2D eigenvalue weighted by Crippen LogP contribution is -2.52. The predicted octanol–water partition coefficient (Wildman–Crippen LogP) is 2.47. The molecule has 2 unspecified atom stereocenters. The van der Waals surface area contributed by atoms with Crippen molar-refractivity contribution in [3.63, 3.8) is 0 Å². The van der Waals surface area contributed by atoms with Crippen LogP contribution in [0.25, 0.3) is 0 Å². The third-order valence-corrected chi connectivity index (χ3v) is 5.32. The van der Waals surface area contributed by atoms with Gasteiger partial charge in [0.1, 0.15) is 6.04 Å². The van der Waals surface area contributed by atoms with E-state index in [-0.39, 0.29) is 11.4 Å². The Hall–Kier alpha value is -0.910. The minimum absolute atomic E-state index is 0.0156. The Balaban J connectivity index is 2.09. The van der Waals surface area contributed by atoms with Crippen LogP contribution < -0.4 is 0 Å². The first-order chi connectivity index (χ1) is 9.58. The Morgan fingerprint density at radius 3 is 2.55 bits per heavy atom. The molecule has 5 nitrogen and oxygen atoms in total. The summed E-state index contributed by atoms with van der Waals surface area (Å²) < 4.78 is 0. The lowest BCUT2D eigenvalue weighted by molar-refractivity contribution is -0.141. The summed E-state index contributed by atoms with van der Waals surface area (Å²) in [7, 11) is 0. The van der Waals surface area contributed by atoms with Gasteiger partial charge in [-0.15, -0.1) is 11.8 Å². The molecule has 2 fully saturated rings. The number of carbonyl (C=O) groups is 2. The topological polar surface area (TPSA) is 60.9 Å². The highest BCUT2D eigenvalue weighted by atomic mass is 32.2. The van der Waals surface area contributed by atoms with Gasteiger partial charge in [0, 0.05) is 18.8 Å².